The molecule has 0 saturated carbocycles. The summed E-state index contributed by atoms with van der Waals surface area (Å²) in [5.41, 5.74) is 4.22. The number of anilines is 4. The molecule has 3 aromatic rings. The van der Waals surface area contributed by atoms with Crippen molar-refractivity contribution in [2.24, 2.45) is 5.10 Å². The van der Waals surface area contributed by atoms with Gasteiger partial charge in [-0.15, -0.1) is 0 Å². The number of piperazine rings is 1. The fourth-order valence-electron chi connectivity index (χ4n) is 3.47. The third-order valence-electron chi connectivity index (χ3n) is 5.35. The third kappa shape index (κ3) is 6.44. The van der Waals surface area contributed by atoms with E-state index in [0.29, 0.717) is 17.4 Å². The Balaban J connectivity index is 1.60. The van der Waals surface area contributed by atoms with Gasteiger partial charge in [0.1, 0.15) is 5.75 Å². The van der Waals surface area contributed by atoms with Crippen molar-refractivity contribution in [1.29, 1.82) is 0 Å². The SMILES string of the molecule is COc1c(Br)cc(Br)cc1/C=N\Nc1nc(Nc2ccc([N+](=O)[O-])cc2)nc(N2CCN(C)CC2)n1. The normalized spacial score (nSPS) is 14.2. The number of methoxy groups -OCH3 is 1. The smallest absolute Gasteiger partial charge is 0.269 e. The molecule has 4 rings (SSSR count). The largest absolute Gasteiger partial charge is 0.495 e. The number of hydrogen-bond acceptors (Lipinski definition) is 11. The fraction of sp³-hybridized carbons (Fsp3) is 0.273. The molecule has 12 nitrogen and oxygen atoms in total. The highest BCUT2D eigenvalue weighted by Gasteiger charge is 2.19. The fourth-order valence-corrected chi connectivity index (χ4v) is 4.89. The molecule has 1 saturated heterocycles. The summed E-state index contributed by atoms with van der Waals surface area (Å²) in [5.74, 6) is 1.67. The van der Waals surface area contributed by atoms with Gasteiger partial charge in [-0.05, 0) is 47.2 Å². The van der Waals surface area contributed by atoms with E-state index in [-0.39, 0.29) is 17.6 Å². The van der Waals surface area contributed by atoms with Gasteiger partial charge in [0.15, 0.2) is 0 Å². The van der Waals surface area contributed by atoms with E-state index in [2.05, 4.69) is 79.5 Å². The second-order valence-electron chi connectivity index (χ2n) is 7.88. The minimum absolute atomic E-state index is 0.000582. The molecular weight excluding hydrogens is 598 g/mol. The predicted molar refractivity (Wildman–Crippen MR) is 146 cm³/mol. The molecule has 1 aromatic heterocycles. The highest BCUT2D eigenvalue weighted by atomic mass is 79.9. The number of nitro groups is 1. The number of rotatable bonds is 8. The Bertz CT molecular complexity index is 1270. The first-order valence-corrected chi connectivity index (χ1v) is 12.4. The molecular formula is C22H23Br2N9O3. The molecule has 0 spiro atoms. The van der Waals surface area contributed by atoms with Crippen molar-refractivity contribution in [1.82, 2.24) is 19.9 Å². The van der Waals surface area contributed by atoms with E-state index in [9.17, 15) is 10.1 Å². The second kappa shape index (κ2) is 11.6. The van der Waals surface area contributed by atoms with E-state index in [1.807, 2.05) is 12.1 Å². The van der Waals surface area contributed by atoms with Crippen LogP contribution >= 0.6 is 31.9 Å². The van der Waals surface area contributed by atoms with Crippen molar-refractivity contribution in [2.75, 3.05) is 56.0 Å². The molecule has 2 N–H and O–H groups in total. The molecule has 188 valence electrons. The van der Waals surface area contributed by atoms with Gasteiger partial charge in [-0.2, -0.15) is 20.1 Å². The highest BCUT2D eigenvalue weighted by Crippen LogP contribution is 2.31. The maximum absolute atomic E-state index is 10.9. The van der Waals surface area contributed by atoms with Crippen molar-refractivity contribution in [2.45, 2.75) is 0 Å². The number of nitrogens with one attached hydrogen (secondary N) is 2. The number of hydrogen-bond donors (Lipinski definition) is 2. The number of halogens is 2. The van der Waals surface area contributed by atoms with E-state index in [1.165, 1.54) is 12.1 Å². The van der Waals surface area contributed by atoms with Crippen LogP contribution in [0, 0.1) is 10.1 Å². The van der Waals surface area contributed by atoms with Crippen LogP contribution in [0.25, 0.3) is 0 Å². The van der Waals surface area contributed by atoms with Crippen LogP contribution in [-0.2, 0) is 0 Å². The number of likely N-dealkylation sites (N-methyl/N-ethyl adjacent to an activating group) is 1. The van der Waals surface area contributed by atoms with Crippen molar-refractivity contribution in [3.8, 4) is 5.75 Å². The van der Waals surface area contributed by atoms with Gasteiger partial charge < -0.3 is 19.9 Å². The Kier molecular flexibility index (Phi) is 8.28. The standard InChI is InChI=1S/C22H23Br2N9O3/c1-31-7-9-32(10-8-31)22-28-20(26-16-3-5-17(6-4-16)33(34)35)27-21(29-22)30-25-13-14-11-15(23)12-18(24)19(14)36-2/h3-6,11-13H,7-10H2,1-2H3,(H2,26,27,28,29,30)/b25-13-. The van der Waals surface area contributed by atoms with Crippen molar-refractivity contribution in [3.63, 3.8) is 0 Å². The van der Waals surface area contributed by atoms with Crippen molar-refractivity contribution >= 4 is 67.3 Å². The molecule has 0 unspecified atom stereocenters. The monoisotopic (exact) mass is 619 g/mol. The van der Waals surface area contributed by atoms with Gasteiger partial charge in [-0.1, -0.05) is 15.9 Å². The van der Waals surface area contributed by atoms with Crippen LogP contribution in [0.15, 0.2) is 50.4 Å². The first-order valence-electron chi connectivity index (χ1n) is 10.9. The lowest BCUT2D eigenvalue weighted by molar-refractivity contribution is -0.384. The van der Waals surface area contributed by atoms with Gasteiger partial charge in [-0.25, -0.2) is 5.43 Å². The zero-order valence-electron chi connectivity index (χ0n) is 19.5. The van der Waals surface area contributed by atoms with Crippen LogP contribution in [0.4, 0.5) is 29.2 Å². The Morgan fingerprint density at radius 3 is 2.44 bits per heavy atom. The number of aromatic nitrogens is 3. The van der Waals surface area contributed by atoms with Gasteiger partial charge in [0.25, 0.3) is 5.69 Å². The van der Waals surface area contributed by atoms with Crippen LogP contribution in [0.3, 0.4) is 0 Å². The number of non-ortho nitro benzene ring substituents is 1. The number of ether oxygens (including phenoxy) is 1. The van der Waals surface area contributed by atoms with E-state index in [0.717, 1.165) is 40.7 Å². The Morgan fingerprint density at radius 1 is 1.08 bits per heavy atom. The molecule has 0 bridgehead atoms. The van der Waals surface area contributed by atoms with Gasteiger partial charge >= 0.3 is 0 Å². The molecule has 36 heavy (non-hydrogen) atoms. The lowest BCUT2D eigenvalue weighted by atomic mass is 10.2. The summed E-state index contributed by atoms with van der Waals surface area (Å²) in [6.07, 6.45) is 1.61. The number of hydrazone groups is 1. The summed E-state index contributed by atoms with van der Waals surface area (Å²) in [4.78, 5) is 28.4. The van der Waals surface area contributed by atoms with Crippen molar-refractivity contribution < 1.29 is 9.66 Å². The van der Waals surface area contributed by atoms with Gasteiger partial charge in [0, 0.05) is 54.0 Å². The summed E-state index contributed by atoms with van der Waals surface area (Å²) in [6, 6.07) is 9.78. The quantitative estimate of drug-likeness (QED) is 0.214. The summed E-state index contributed by atoms with van der Waals surface area (Å²) in [6.45, 7) is 3.30. The Morgan fingerprint density at radius 2 is 1.78 bits per heavy atom. The molecule has 0 atom stereocenters. The van der Waals surface area contributed by atoms with Gasteiger partial charge in [0.2, 0.25) is 17.8 Å². The van der Waals surface area contributed by atoms with E-state index < -0.39 is 4.92 Å². The van der Waals surface area contributed by atoms with Crippen LogP contribution in [0.2, 0.25) is 0 Å². The molecule has 0 aliphatic carbocycles. The number of nitro benzene ring substituents is 1. The molecule has 14 heteroatoms. The zero-order chi connectivity index (χ0) is 25.7. The summed E-state index contributed by atoms with van der Waals surface area (Å²) in [5, 5.41) is 18.3. The Hall–Kier alpha value is -3.36. The lowest BCUT2D eigenvalue weighted by Crippen LogP contribution is -2.45. The van der Waals surface area contributed by atoms with Crippen LogP contribution in [0.1, 0.15) is 5.56 Å². The average molecular weight is 621 g/mol. The van der Waals surface area contributed by atoms with Crippen LogP contribution < -0.4 is 20.4 Å². The molecule has 2 aromatic carbocycles. The molecule has 1 fully saturated rings. The van der Waals surface area contributed by atoms with Gasteiger partial charge in [0.05, 0.1) is 22.7 Å². The van der Waals surface area contributed by atoms with Crippen LogP contribution in [-0.4, -0.2) is 71.3 Å². The molecule has 2 heterocycles. The maximum Gasteiger partial charge on any atom is 0.269 e. The second-order valence-corrected chi connectivity index (χ2v) is 9.65. The van der Waals surface area contributed by atoms with E-state index in [4.69, 9.17) is 4.74 Å². The van der Waals surface area contributed by atoms with E-state index >= 15 is 0 Å². The topological polar surface area (TPSA) is 134 Å². The lowest BCUT2D eigenvalue weighted by Gasteiger charge is -2.32. The highest BCUT2D eigenvalue weighted by molar-refractivity contribution is 9.11. The molecule has 1 aliphatic heterocycles. The Labute approximate surface area is 224 Å². The first-order chi connectivity index (χ1) is 17.3. The zero-order valence-corrected chi connectivity index (χ0v) is 22.7. The average Bonchev–Trinajstić information content (AvgIpc) is 2.84. The van der Waals surface area contributed by atoms with Crippen LogP contribution in [0.5, 0.6) is 5.75 Å². The number of nitrogens with zero attached hydrogens (tertiary/aromatic N) is 7. The third-order valence-corrected chi connectivity index (χ3v) is 6.40. The predicted octanol–water partition coefficient (Wildman–Crippen LogP) is 4.25. The maximum atomic E-state index is 10.9. The summed E-state index contributed by atoms with van der Waals surface area (Å²) in [7, 11) is 3.66. The molecule has 0 amide bonds. The molecule has 1 aliphatic rings. The van der Waals surface area contributed by atoms with Crippen molar-refractivity contribution in [3.05, 3.63) is 61.0 Å². The van der Waals surface area contributed by atoms with Gasteiger partial charge in [-0.3, -0.25) is 10.1 Å². The summed E-state index contributed by atoms with van der Waals surface area (Å²) >= 11 is 6.95. The first kappa shape index (κ1) is 25.7. The van der Waals surface area contributed by atoms with E-state index in [1.54, 1.807) is 25.5 Å². The minimum Gasteiger partial charge on any atom is -0.495 e. The number of benzene rings is 2. The minimum atomic E-state index is -0.447. The molecule has 0 radical (unpaired) electrons. The summed E-state index contributed by atoms with van der Waals surface area (Å²) < 4.78 is 7.11.